The van der Waals surface area contributed by atoms with Crippen molar-refractivity contribution in [1.82, 2.24) is 10.1 Å². The Balaban J connectivity index is 2.18. The Bertz CT molecular complexity index is 396. The molecule has 1 aromatic heterocycles. The molecule has 1 aliphatic heterocycles. The average molecular weight is 255 g/mol. The monoisotopic (exact) mass is 255 g/mol. The minimum Gasteiger partial charge on any atom is -0.379 e. The van der Waals surface area contributed by atoms with Crippen LogP contribution in [0.1, 0.15) is 44.8 Å². The van der Waals surface area contributed by atoms with Crippen molar-refractivity contribution in [2.24, 2.45) is 5.73 Å². The van der Waals surface area contributed by atoms with Gasteiger partial charge in [0.1, 0.15) is 5.60 Å². The Kier molecular flexibility index (Phi) is 3.99. The maximum Gasteiger partial charge on any atom is 0.233 e. The van der Waals surface area contributed by atoms with Gasteiger partial charge in [0, 0.05) is 12.6 Å². The van der Waals surface area contributed by atoms with Gasteiger partial charge in [-0.25, -0.2) is 0 Å². The lowest BCUT2D eigenvalue weighted by Crippen LogP contribution is -2.28. The number of aromatic nitrogens is 2. The van der Waals surface area contributed by atoms with Crippen molar-refractivity contribution in [3.63, 3.8) is 0 Å². The molecule has 0 spiro atoms. The van der Waals surface area contributed by atoms with Crippen molar-refractivity contribution in [3.05, 3.63) is 11.7 Å². The van der Waals surface area contributed by atoms with Crippen LogP contribution in [0.25, 0.3) is 0 Å². The van der Waals surface area contributed by atoms with Crippen LogP contribution >= 0.6 is 0 Å². The molecular weight excluding hydrogens is 234 g/mol. The Labute approximate surface area is 107 Å². The summed E-state index contributed by atoms with van der Waals surface area (Å²) in [6.07, 6.45) is 0.785. The topological polar surface area (TPSA) is 83.4 Å². The van der Waals surface area contributed by atoms with E-state index in [4.69, 9.17) is 19.7 Å². The molecule has 6 heteroatoms. The maximum absolute atomic E-state index is 5.94. The normalized spacial score (nSPS) is 27.3. The third-order valence-corrected chi connectivity index (χ3v) is 3.49. The van der Waals surface area contributed by atoms with Crippen LogP contribution in [-0.2, 0) is 15.1 Å². The van der Waals surface area contributed by atoms with Crippen molar-refractivity contribution in [2.45, 2.75) is 44.8 Å². The van der Waals surface area contributed by atoms with E-state index >= 15 is 0 Å². The molecule has 1 aromatic rings. The van der Waals surface area contributed by atoms with Gasteiger partial charge in [-0.15, -0.1) is 0 Å². The Morgan fingerprint density at radius 3 is 2.78 bits per heavy atom. The minimum absolute atomic E-state index is 0.00557. The molecule has 0 bridgehead atoms. The molecule has 0 saturated carbocycles. The molecule has 0 radical (unpaired) electrons. The molecule has 102 valence electrons. The smallest absolute Gasteiger partial charge is 0.233 e. The minimum atomic E-state index is -0.500. The Morgan fingerprint density at radius 2 is 2.22 bits per heavy atom. The molecule has 1 aliphatic rings. The van der Waals surface area contributed by atoms with Crippen LogP contribution in [0, 0.1) is 0 Å². The second-order valence-corrected chi connectivity index (χ2v) is 4.78. The predicted octanol–water partition coefficient (Wildman–Crippen LogP) is 1.17. The highest BCUT2D eigenvalue weighted by atomic mass is 16.5. The molecule has 2 heterocycles. The molecule has 2 N–H and O–H groups in total. The lowest BCUT2D eigenvalue weighted by atomic mass is 10.0. The van der Waals surface area contributed by atoms with Crippen LogP contribution in [0.2, 0.25) is 0 Å². The van der Waals surface area contributed by atoms with Crippen LogP contribution in [0.15, 0.2) is 4.52 Å². The number of hydrogen-bond acceptors (Lipinski definition) is 6. The van der Waals surface area contributed by atoms with Crippen LogP contribution in [0.3, 0.4) is 0 Å². The van der Waals surface area contributed by atoms with Crippen molar-refractivity contribution in [1.29, 1.82) is 0 Å². The first-order chi connectivity index (χ1) is 8.60. The summed E-state index contributed by atoms with van der Waals surface area (Å²) in [5.41, 5.74) is 5.44. The molecule has 0 aliphatic carbocycles. The summed E-state index contributed by atoms with van der Waals surface area (Å²) in [7, 11) is 0. The van der Waals surface area contributed by atoms with Crippen LogP contribution < -0.4 is 5.73 Å². The van der Waals surface area contributed by atoms with Gasteiger partial charge in [-0.1, -0.05) is 12.1 Å². The summed E-state index contributed by atoms with van der Waals surface area (Å²) in [5.74, 6) is 1.13. The van der Waals surface area contributed by atoms with Gasteiger partial charge in [-0.3, -0.25) is 0 Å². The van der Waals surface area contributed by atoms with Gasteiger partial charge in [0.15, 0.2) is 0 Å². The molecule has 3 unspecified atom stereocenters. The number of nitrogens with zero attached hydrogens (tertiary/aromatic N) is 2. The lowest BCUT2D eigenvalue weighted by molar-refractivity contribution is -0.0403. The van der Waals surface area contributed by atoms with Gasteiger partial charge in [0.2, 0.25) is 11.7 Å². The zero-order chi connectivity index (χ0) is 13.2. The van der Waals surface area contributed by atoms with E-state index in [1.165, 1.54) is 0 Å². The fraction of sp³-hybridized carbons (Fsp3) is 0.833. The van der Waals surface area contributed by atoms with Crippen LogP contribution in [-0.4, -0.2) is 36.0 Å². The SMILES string of the molecule is CCOC(C)(CC)c1noc(C2COCC2N)n1. The van der Waals surface area contributed by atoms with Crippen molar-refractivity contribution < 1.29 is 14.0 Å². The highest BCUT2D eigenvalue weighted by Gasteiger charge is 2.35. The van der Waals surface area contributed by atoms with Gasteiger partial charge in [-0.05, 0) is 20.3 Å². The van der Waals surface area contributed by atoms with E-state index in [1.807, 2.05) is 20.8 Å². The summed E-state index contributed by atoms with van der Waals surface area (Å²) in [4.78, 5) is 4.44. The van der Waals surface area contributed by atoms with Gasteiger partial charge in [0.25, 0.3) is 0 Å². The quantitative estimate of drug-likeness (QED) is 0.850. The molecular formula is C12H21N3O3. The molecule has 0 aromatic carbocycles. The Morgan fingerprint density at radius 1 is 1.44 bits per heavy atom. The van der Waals surface area contributed by atoms with E-state index in [1.54, 1.807) is 0 Å². The zero-order valence-corrected chi connectivity index (χ0v) is 11.2. The van der Waals surface area contributed by atoms with Gasteiger partial charge >= 0.3 is 0 Å². The zero-order valence-electron chi connectivity index (χ0n) is 11.2. The first kappa shape index (κ1) is 13.5. The standard InChI is InChI=1S/C12H21N3O3/c1-4-12(3,17-5-2)11-14-10(18-15-11)8-6-16-7-9(8)13/h8-9H,4-7,13H2,1-3H3. The second kappa shape index (κ2) is 5.34. The molecule has 1 fully saturated rings. The third kappa shape index (κ3) is 2.41. The molecule has 3 atom stereocenters. The summed E-state index contributed by atoms with van der Waals surface area (Å²) in [6, 6.07) is -0.0710. The summed E-state index contributed by atoms with van der Waals surface area (Å²) in [5, 5.41) is 4.03. The van der Waals surface area contributed by atoms with E-state index in [0.29, 0.717) is 31.5 Å². The van der Waals surface area contributed by atoms with E-state index in [0.717, 1.165) is 6.42 Å². The average Bonchev–Trinajstić information content (AvgIpc) is 2.97. The number of hydrogen-bond donors (Lipinski definition) is 1. The fourth-order valence-corrected chi connectivity index (χ4v) is 2.07. The molecule has 2 rings (SSSR count). The number of rotatable bonds is 5. The fourth-order valence-electron chi connectivity index (χ4n) is 2.07. The summed E-state index contributed by atoms with van der Waals surface area (Å²) < 4.78 is 16.3. The molecule has 18 heavy (non-hydrogen) atoms. The largest absolute Gasteiger partial charge is 0.379 e. The first-order valence-corrected chi connectivity index (χ1v) is 6.42. The van der Waals surface area contributed by atoms with Gasteiger partial charge in [0.05, 0.1) is 19.1 Å². The summed E-state index contributed by atoms with van der Waals surface area (Å²) >= 11 is 0. The van der Waals surface area contributed by atoms with Crippen molar-refractivity contribution in [2.75, 3.05) is 19.8 Å². The van der Waals surface area contributed by atoms with E-state index in [2.05, 4.69) is 10.1 Å². The highest BCUT2D eigenvalue weighted by Crippen LogP contribution is 2.29. The number of nitrogens with two attached hydrogens (primary N) is 1. The van der Waals surface area contributed by atoms with Crippen LogP contribution in [0.5, 0.6) is 0 Å². The predicted molar refractivity (Wildman–Crippen MR) is 65.1 cm³/mol. The van der Waals surface area contributed by atoms with Crippen LogP contribution in [0.4, 0.5) is 0 Å². The van der Waals surface area contributed by atoms with Crippen molar-refractivity contribution >= 4 is 0 Å². The Hall–Kier alpha value is -0.980. The first-order valence-electron chi connectivity index (χ1n) is 6.42. The van der Waals surface area contributed by atoms with E-state index in [9.17, 15) is 0 Å². The summed E-state index contributed by atoms with van der Waals surface area (Å²) in [6.45, 7) is 7.65. The van der Waals surface area contributed by atoms with Crippen molar-refractivity contribution in [3.8, 4) is 0 Å². The molecule has 0 amide bonds. The molecule has 6 nitrogen and oxygen atoms in total. The lowest BCUT2D eigenvalue weighted by Gasteiger charge is -2.23. The number of ether oxygens (including phenoxy) is 2. The second-order valence-electron chi connectivity index (χ2n) is 4.78. The maximum atomic E-state index is 5.94. The van der Waals surface area contributed by atoms with Gasteiger partial charge < -0.3 is 19.7 Å². The highest BCUT2D eigenvalue weighted by molar-refractivity contribution is 5.05. The van der Waals surface area contributed by atoms with E-state index < -0.39 is 5.60 Å². The van der Waals surface area contributed by atoms with Gasteiger partial charge in [-0.2, -0.15) is 4.98 Å². The van der Waals surface area contributed by atoms with E-state index in [-0.39, 0.29) is 12.0 Å². The third-order valence-electron chi connectivity index (χ3n) is 3.49. The molecule has 1 saturated heterocycles.